The van der Waals surface area contributed by atoms with Gasteiger partial charge in [0.05, 0.1) is 11.0 Å². The molecular formula is C41H50F4N4O8. The van der Waals surface area contributed by atoms with Gasteiger partial charge in [0, 0.05) is 49.3 Å². The van der Waals surface area contributed by atoms with Gasteiger partial charge >= 0.3 is 18.3 Å². The first-order valence-electron chi connectivity index (χ1n) is 19.2. The van der Waals surface area contributed by atoms with Crippen molar-refractivity contribution in [3.8, 4) is 11.5 Å². The summed E-state index contributed by atoms with van der Waals surface area (Å²) in [5, 5.41) is 1.14. The zero-order chi connectivity index (χ0) is 41.2. The van der Waals surface area contributed by atoms with Gasteiger partial charge in [-0.05, 0) is 127 Å². The van der Waals surface area contributed by atoms with Crippen LogP contribution in [-0.2, 0) is 9.47 Å². The number of fused-ring (bicyclic) bond motifs is 2. The number of carbonyl (C=O) groups is 3. The first-order chi connectivity index (χ1) is 26.8. The summed E-state index contributed by atoms with van der Waals surface area (Å²) in [5.74, 6) is 0.247. The number of amides is 2. The van der Waals surface area contributed by atoms with Gasteiger partial charge in [0.2, 0.25) is 0 Å². The van der Waals surface area contributed by atoms with E-state index in [0.29, 0.717) is 84.8 Å². The molecule has 0 saturated carbocycles. The second-order valence-electron chi connectivity index (χ2n) is 16.5. The van der Waals surface area contributed by atoms with E-state index in [1.165, 1.54) is 15.5 Å². The van der Waals surface area contributed by atoms with Crippen LogP contribution in [0.3, 0.4) is 0 Å². The summed E-state index contributed by atoms with van der Waals surface area (Å²) < 4.78 is 78.0. The third-order valence-corrected chi connectivity index (χ3v) is 9.88. The topological polar surface area (TPSA) is 114 Å². The van der Waals surface area contributed by atoms with Gasteiger partial charge in [0.1, 0.15) is 35.9 Å². The van der Waals surface area contributed by atoms with Crippen molar-refractivity contribution in [3.63, 3.8) is 0 Å². The molecule has 310 valence electrons. The zero-order valence-electron chi connectivity index (χ0n) is 33.1. The molecule has 4 heterocycles. The summed E-state index contributed by atoms with van der Waals surface area (Å²) in [6.45, 7) is 10.7. The number of halogens is 4. The Kier molecular flexibility index (Phi) is 12.2. The van der Waals surface area contributed by atoms with Gasteiger partial charge in [-0.25, -0.2) is 31.9 Å². The van der Waals surface area contributed by atoms with Gasteiger partial charge in [-0.15, -0.1) is 0 Å². The second kappa shape index (κ2) is 16.8. The van der Waals surface area contributed by atoms with Crippen molar-refractivity contribution in [2.24, 2.45) is 0 Å². The highest BCUT2D eigenvalue weighted by molar-refractivity contribution is 5.92. The van der Waals surface area contributed by atoms with Crippen LogP contribution >= 0.6 is 0 Å². The fraction of sp³-hybridized carbons (Fsp3) is 0.537. The molecular weight excluding hydrogens is 752 g/mol. The molecule has 0 atom stereocenters. The molecule has 2 aliphatic heterocycles. The Hall–Kier alpha value is -5.15. The fourth-order valence-electron chi connectivity index (χ4n) is 7.29. The smallest absolute Gasteiger partial charge is 0.443 e. The first kappa shape index (κ1) is 41.5. The zero-order valence-corrected chi connectivity index (χ0v) is 33.1. The number of ether oxygens (including phenoxy) is 4. The molecule has 0 bridgehead atoms. The summed E-state index contributed by atoms with van der Waals surface area (Å²) in [5.41, 5.74) is 0.933. The van der Waals surface area contributed by atoms with Crippen LogP contribution in [0.25, 0.3) is 21.8 Å². The Morgan fingerprint density at radius 3 is 1.49 bits per heavy atom. The molecule has 57 heavy (non-hydrogen) atoms. The number of benzene rings is 2. The molecule has 2 amide bonds. The van der Waals surface area contributed by atoms with Crippen molar-refractivity contribution in [2.45, 2.75) is 103 Å². The monoisotopic (exact) mass is 802 g/mol. The van der Waals surface area contributed by atoms with E-state index in [2.05, 4.69) is 0 Å². The molecule has 0 spiro atoms. The minimum atomic E-state index is -2.70. The molecule has 6 rings (SSSR count). The lowest BCUT2D eigenvalue weighted by molar-refractivity contribution is 0.0193. The number of piperidine rings is 2. The largest absolute Gasteiger partial charge is 0.487 e. The quantitative estimate of drug-likeness (QED) is 0.154. The van der Waals surface area contributed by atoms with E-state index in [9.17, 15) is 31.9 Å². The van der Waals surface area contributed by atoms with E-state index < -0.39 is 55.5 Å². The van der Waals surface area contributed by atoms with Crippen LogP contribution in [0, 0.1) is 0 Å². The Bertz CT molecular complexity index is 2070. The maximum Gasteiger partial charge on any atom is 0.443 e. The standard InChI is InChI=1S/C41H50F4N4O8/c1-40(2,3)55-37(50)46-13-7-25(8-14-46)29-21-31-27(19-33(29)53-23-35(42)43)11-17-48(31)39(52)57-49-18-12-28-20-34(54-24-36(44)45)30(22-32(28)49)26-9-15-47(16-10-26)38(51)56-41(4,5)6/h11-12,17-22,25-26,35-36H,7-10,13-16,23-24H2,1-6H3. The van der Waals surface area contributed by atoms with Crippen LogP contribution in [-0.4, -0.2) is 101 Å². The Morgan fingerprint density at radius 1 is 0.632 bits per heavy atom. The van der Waals surface area contributed by atoms with E-state index in [4.69, 9.17) is 23.8 Å². The van der Waals surface area contributed by atoms with E-state index in [-0.39, 0.29) is 23.3 Å². The predicted octanol–water partition coefficient (Wildman–Crippen LogP) is 9.21. The molecule has 0 aliphatic carbocycles. The third kappa shape index (κ3) is 10.2. The first-order valence-corrected chi connectivity index (χ1v) is 19.2. The average molecular weight is 803 g/mol. The summed E-state index contributed by atoms with van der Waals surface area (Å²) in [6.07, 6.45) is -1.86. The molecule has 0 unspecified atom stereocenters. The molecule has 2 aromatic heterocycles. The van der Waals surface area contributed by atoms with Gasteiger partial charge in [0.15, 0.2) is 0 Å². The van der Waals surface area contributed by atoms with Crippen LogP contribution in [0.2, 0.25) is 0 Å². The molecule has 2 aromatic carbocycles. The predicted molar refractivity (Wildman–Crippen MR) is 204 cm³/mol. The summed E-state index contributed by atoms with van der Waals surface area (Å²) >= 11 is 0. The molecule has 2 saturated heterocycles. The summed E-state index contributed by atoms with van der Waals surface area (Å²) in [6, 6.07) is 10.1. The van der Waals surface area contributed by atoms with Crippen molar-refractivity contribution >= 4 is 40.1 Å². The van der Waals surface area contributed by atoms with E-state index in [1.807, 2.05) is 0 Å². The SMILES string of the molecule is CC(C)(C)OC(=O)N1CCC(c2cc3c(ccn3OC(=O)n3ccc4cc(OCC(F)F)c(C5CCN(C(=O)OC(C)(C)C)CC5)cc43)cc2OCC(F)F)CC1. The summed E-state index contributed by atoms with van der Waals surface area (Å²) in [7, 11) is 0. The van der Waals surface area contributed by atoms with Gasteiger partial charge in [-0.3, -0.25) is 4.57 Å². The van der Waals surface area contributed by atoms with Gasteiger partial charge < -0.3 is 33.6 Å². The fourth-order valence-corrected chi connectivity index (χ4v) is 7.29. The molecule has 4 aromatic rings. The molecule has 0 N–H and O–H groups in total. The van der Waals surface area contributed by atoms with E-state index >= 15 is 0 Å². The summed E-state index contributed by atoms with van der Waals surface area (Å²) in [4.78, 5) is 48.4. The maximum atomic E-state index is 13.9. The number of hydrogen-bond donors (Lipinski definition) is 0. The second-order valence-corrected chi connectivity index (χ2v) is 16.5. The van der Waals surface area contributed by atoms with E-state index in [0.717, 1.165) is 0 Å². The number of carbonyl (C=O) groups excluding carboxylic acids is 3. The number of nitrogens with zero attached hydrogens (tertiary/aromatic N) is 4. The lowest BCUT2D eigenvalue weighted by Gasteiger charge is -2.34. The Balaban J connectivity index is 1.25. The average Bonchev–Trinajstić information content (AvgIpc) is 3.74. The van der Waals surface area contributed by atoms with E-state index in [1.54, 1.807) is 93.9 Å². The normalized spacial score (nSPS) is 16.1. The van der Waals surface area contributed by atoms with Gasteiger partial charge in [-0.1, -0.05) is 0 Å². The Labute approximate surface area is 328 Å². The minimum absolute atomic E-state index is 0.149. The molecule has 16 heteroatoms. The number of aromatic nitrogens is 2. The lowest BCUT2D eigenvalue weighted by atomic mass is 9.88. The highest BCUT2D eigenvalue weighted by Crippen LogP contribution is 2.40. The number of rotatable bonds is 9. The van der Waals surface area contributed by atoms with Gasteiger partial charge in [0.25, 0.3) is 12.9 Å². The minimum Gasteiger partial charge on any atom is -0.487 e. The van der Waals surface area contributed by atoms with Crippen molar-refractivity contribution in [2.75, 3.05) is 39.4 Å². The van der Waals surface area contributed by atoms with Crippen LogP contribution in [0.1, 0.15) is 90.2 Å². The van der Waals surface area contributed by atoms with Gasteiger partial charge in [-0.2, -0.15) is 4.73 Å². The van der Waals surface area contributed by atoms with Crippen molar-refractivity contribution < 1.29 is 55.7 Å². The van der Waals surface area contributed by atoms with Crippen LogP contribution < -0.4 is 14.3 Å². The Morgan fingerprint density at radius 2 is 1.05 bits per heavy atom. The number of alkyl halides is 4. The maximum absolute atomic E-state index is 13.9. The van der Waals surface area contributed by atoms with Crippen LogP contribution in [0.4, 0.5) is 31.9 Å². The van der Waals surface area contributed by atoms with Crippen LogP contribution in [0.5, 0.6) is 11.5 Å². The highest BCUT2D eigenvalue weighted by atomic mass is 19.3. The van der Waals surface area contributed by atoms with Crippen molar-refractivity contribution in [1.82, 2.24) is 19.1 Å². The highest BCUT2D eigenvalue weighted by Gasteiger charge is 2.32. The molecule has 0 radical (unpaired) electrons. The number of likely N-dealkylation sites (tertiary alicyclic amines) is 2. The third-order valence-electron chi connectivity index (χ3n) is 9.88. The van der Waals surface area contributed by atoms with Crippen molar-refractivity contribution in [1.29, 1.82) is 0 Å². The van der Waals surface area contributed by atoms with Crippen LogP contribution in [0.15, 0.2) is 48.8 Å². The number of hydrogen-bond acceptors (Lipinski definition) is 8. The molecule has 2 fully saturated rings. The lowest BCUT2D eigenvalue weighted by Crippen LogP contribution is -2.41. The molecule has 2 aliphatic rings. The van der Waals surface area contributed by atoms with Crippen molar-refractivity contribution in [3.05, 3.63) is 59.9 Å². The molecule has 12 nitrogen and oxygen atoms in total.